The van der Waals surface area contributed by atoms with Gasteiger partial charge in [0.15, 0.2) is 0 Å². The molecule has 0 aromatic heterocycles. The second kappa shape index (κ2) is 34.1. The maximum absolute atomic E-state index is 0. The van der Waals surface area contributed by atoms with Crippen LogP contribution in [0.15, 0.2) is 0 Å². The fourth-order valence-corrected chi connectivity index (χ4v) is 0. The Hall–Kier alpha value is 2.24. The van der Waals surface area contributed by atoms with Gasteiger partial charge < -0.3 is 40.5 Å². The number of hydrogen-bond acceptors (Lipinski definition) is 0. The summed E-state index contributed by atoms with van der Waals surface area (Å²) in [5.74, 6) is 0. The molecule has 0 aliphatic heterocycles. The first-order valence-electron chi connectivity index (χ1n) is 0. The molecule has 33 valence electrons. The fraction of sp³-hybridized carbons (Fsp3) is 0. The van der Waals surface area contributed by atoms with Crippen LogP contribution in [0, 0.1) is 0 Å². The molecule has 0 aliphatic rings. The Morgan fingerprint density at radius 2 is 0.600 bits per heavy atom. The molecule has 0 nitrogen and oxygen atoms in total. The molecule has 5 heteroatoms. The first-order chi connectivity index (χ1) is 0. The van der Waals surface area contributed by atoms with Gasteiger partial charge in [0, 0.05) is 16.8 Å². The normalized spacial score (nSPS) is 0. The van der Waals surface area contributed by atoms with Crippen LogP contribution in [0.1, 0.15) is 0 Å². The van der Waals surface area contributed by atoms with Gasteiger partial charge in [0.1, 0.15) is 0 Å². The SMILES string of the molecule is [Co].[S-2].[S-2].[S-2].[W+6]. The van der Waals surface area contributed by atoms with Crippen LogP contribution in [-0.4, -0.2) is 0 Å². The third kappa shape index (κ3) is 22.3. The summed E-state index contributed by atoms with van der Waals surface area (Å²) in [4.78, 5) is 0. The number of rotatable bonds is 0. The minimum absolute atomic E-state index is 0. The van der Waals surface area contributed by atoms with E-state index in [9.17, 15) is 0 Å². The fourth-order valence-electron chi connectivity index (χ4n) is 0. The molecule has 1 radical (unpaired) electrons. The van der Waals surface area contributed by atoms with Crippen molar-refractivity contribution >= 4 is 40.5 Å². The molecular formula is CoS3W. The van der Waals surface area contributed by atoms with Gasteiger partial charge >= 0.3 is 21.1 Å². The zero-order valence-corrected chi connectivity index (χ0v) is 8.39. The molecule has 0 N–H and O–H groups in total. The maximum atomic E-state index is 0. The van der Waals surface area contributed by atoms with E-state index in [1.54, 1.807) is 0 Å². The standard InChI is InChI=1S/Co.3S.W/q;3*-2;+6. The van der Waals surface area contributed by atoms with Crippen molar-refractivity contribution in [1.82, 2.24) is 0 Å². The van der Waals surface area contributed by atoms with Crippen LogP contribution in [0.25, 0.3) is 0 Å². The van der Waals surface area contributed by atoms with Crippen molar-refractivity contribution in [1.29, 1.82) is 0 Å². The molecule has 0 bridgehead atoms. The van der Waals surface area contributed by atoms with Crippen molar-refractivity contribution in [2.24, 2.45) is 0 Å². The molecule has 0 aromatic rings. The zero-order chi connectivity index (χ0) is 0. The second-order valence-electron chi connectivity index (χ2n) is 0. The monoisotopic (exact) mass is 339 g/mol. The topological polar surface area (TPSA) is 0 Å². The van der Waals surface area contributed by atoms with E-state index in [0.29, 0.717) is 0 Å². The Morgan fingerprint density at radius 3 is 0.600 bits per heavy atom. The van der Waals surface area contributed by atoms with Gasteiger partial charge in [-0.15, -0.1) is 0 Å². The van der Waals surface area contributed by atoms with Crippen LogP contribution in [0.2, 0.25) is 0 Å². The van der Waals surface area contributed by atoms with Gasteiger partial charge in [-0.1, -0.05) is 0 Å². The van der Waals surface area contributed by atoms with Crippen LogP contribution in [-0.2, 0) is 78.3 Å². The Morgan fingerprint density at radius 1 is 0.600 bits per heavy atom. The van der Waals surface area contributed by atoms with E-state index in [1.165, 1.54) is 0 Å². The van der Waals surface area contributed by atoms with Crippen LogP contribution in [0.3, 0.4) is 0 Å². The summed E-state index contributed by atoms with van der Waals surface area (Å²) in [5, 5.41) is 0. The molecular weight excluding hydrogens is 339 g/mol. The van der Waals surface area contributed by atoms with Crippen LogP contribution in [0.4, 0.5) is 0 Å². The smallest absolute Gasteiger partial charge is 2.00 e. The Bertz CT molecular complexity index is 6.85. The van der Waals surface area contributed by atoms with Crippen molar-refractivity contribution in [3.8, 4) is 0 Å². The van der Waals surface area contributed by atoms with Gasteiger partial charge in [-0.3, -0.25) is 0 Å². The van der Waals surface area contributed by atoms with Crippen molar-refractivity contribution in [2.75, 3.05) is 0 Å². The average Bonchev–Trinajstić information content (AvgIpc) is 0. The quantitative estimate of drug-likeness (QED) is 0.583. The van der Waals surface area contributed by atoms with E-state index in [1.807, 2.05) is 0 Å². The first-order valence-corrected chi connectivity index (χ1v) is 0. The molecule has 0 amide bonds. The maximum Gasteiger partial charge on any atom is 6.00 e. The number of hydrogen-bond donors (Lipinski definition) is 0. The molecule has 0 unspecified atom stereocenters. The molecule has 0 fully saturated rings. The second-order valence-corrected chi connectivity index (χ2v) is 0. The van der Waals surface area contributed by atoms with E-state index >= 15 is 0 Å². The molecule has 0 saturated heterocycles. The van der Waals surface area contributed by atoms with Gasteiger partial charge in [-0.25, -0.2) is 0 Å². The minimum Gasteiger partial charge on any atom is -2.00 e. The van der Waals surface area contributed by atoms with E-state index in [4.69, 9.17) is 0 Å². The largest absolute Gasteiger partial charge is 6.00 e. The summed E-state index contributed by atoms with van der Waals surface area (Å²) >= 11 is 0. The summed E-state index contributed by atoms with van der Waals surface area (Å²) < 4.78 is 0. The van der Waals surface area contributed by atoms with Crippen molar-refractivity contribution in [3.05, 3.63) is 0 Å². The van der Waals surface area contributed by atoms with Crippen LogP contribution >= 0.6 is 0 Å². The van der Waals surface area contributed by atoms with Gasteiger partial charge in [-0.05, 0) is 0 Å². The molecule has 0 aromatic carbocycles. The Balaban J connectivity index is 0. The predicted octanol–water partition coefficient (Wildman–Crippen LogP) is -0.0122. The summed E-state index contributed by atoms with van der Waals surface area (Å²) in [6.45, 7) is 0. The summed E-state index contributed by atoms with van der Waals surface area (Å²) in [6.07, 6.45) is 0. The Labute approximate surface area is 77.7 Å². The Kier molecular flexibility index (Phi) is 382. The van der Waals surface area contributed by atoms with Gasteiger partial charge in [-0.2, -0.15) is 0 Å². The molecule has 0 atom stereocenters. The molecule has 0 saturated carbocycles. The third-order valence-electron chi connectivity index (χ3n) is 0. The van der Waals surface area contributed by atoms with Crippen LogP contribution < -0.4 is 0 Å². The molecule has 0 rings (SSSR count). The van der Waals surface area contributed by atoms with Crippen LogP contribution in [0.5, 0.6) is 0 Å². The minimum atomic E-state index is 0. The molecule has 0 spiro atoms. The molecule has 5 heavy (non-hydrogen) atoms. The molecule has 0 heterocycles. The third-order valence-corrected chi connectivity index (χ3v) is 0. The van der Waals surface area contributed by atoms with E-state index in [2.05, 4.69) is 0 Å². The van der Waals surface area contributed by atoms with Crippen molar-refractivity contribution < 1.29 is 37.8 Å². The van der Waals surface area contributed by atoms with Gasteiger partial charge in [0.05, 0.1) is 0 Å². The van der Waals surface area contributed by atoms with E-state index in [0.717, 1.165) is 0 Å². The van der Waals surface area contributed by atoms with Gasteiger partial charge in [0.25, 0.3) is 0 Å². The predicted molar refractivity (Wildman–Crippen MR) is 22.1 cm³/mol. The molecule has 0 aliphatic carbocycles. The zero-order valence-electron chi connectivity index (χ0n) is 1.97. The van der Waals surface area contributed by atoms with E-state index < -0.39 is 0 Å². The summed E-state index contributed by atoms with van der Waals surface area (Å²) in [7, 11) is 0. The van der Waals surface area contributed by atoms with Gasteiger partial charge in [0.2, 0.25) is 0 Å². The van der Waals surface area contributed by atoms with E-state index in [-0.39, 0.29) is 78.3 Å². The summed E-state index contributed by atoms with van der Waals surface area (Å²) in [5.41, 5.74) is 0. The first kappa shape index (κ1) is 56.1. The summed E-state index contributed by atoms with van der Waals surface area (Å²) in [6, 6.07) is 0. The van der Waals surface area contributed by atoms with Crippen molar-refractivity contribution in [2.45, 2.75) is 0 Å². The van der Waals surface area contributed by atoms with Crippen molar-refractivity contribution in [3.63, 3.8) is 0 Å². The average molecular weight is 339 g/mol.